The van der Waals surface area contributed by atoms with E-state index in [1.807, 2.05) is 18.2 Å². The van der Waals surface area contributed by atoms with Gasteiger partial charge in [-0.2, -0.15) is 5.26 Å². The molecule has 1 aromatic rings. The van der Waals surface area contributed by atoms with Crippen LogP contribution in [0.25, 0.3) is 0 Å². The minimum Gasteiger partial charge on any atom is -0.495 e. The van der Waals surface area contributed by atoms with Crippen molar-refractivity contribution in [3.8, 4) is 11.8 Å². The molecule has 0 spiro atoms. The first-order valence-corrected chi connectivity index (χ1v) is 6.22. The fraction of sp³-hybridized carbons (Fsp3) is 0.500. The topological polar surface area (TPSA) is 48.3 Å². The van der Waals surface area contributed by atoms with Crippen LogP contribution in [0.5, 0.6) is 5.75 Å². The predicted molar refractivity (Wildman–Crippen MR) is 70.5 cm³/mol. The first-order valence-electron chi connectivity index (χ1n) is 6.22. The van der Waals surface area contributed by atoms with E-state index in [4.69, 9.17) is 10.00 Å². The minimum absolute atomic E-state index is 0.589. The summed E-state index contributed by atoms with van der Waals surface area (Å²) in [6.07, 6.45) is 1.20. The highest BCUT2D eigenvalue weighted by molar-refractivity contribution is 5.45. The van der Waals surface area contributed by atoms with E-state index in [2.05, 4.69) is 23.3 Å². The molecule has 96 valence electrons. The lowest BCUT2D eigenvalue weighted by molar-refractivity contribution is 0.248. The number of likely N-dealkylation sites (N-methyl/N-ethyl adjacent to an activating group) is 1. The van der Waals surface area contributed by atoms with Gasteiger partial charge in [0.2, 0.25) is 0 Å². The third-order valence-corrected chi connectivity index (χ3v) is 3.48. The van der Waals surface area contributed by atoms with Gasteiger partial charge in [0.1, 0.15) is 11.8 Å². The van der Waals surface area contributed by atoms with E-state index in [1.165, 1.54) is 12.0 Å². The van der Waals surface area contributed by atoms with E-state index in [0.717, 1.165) is 19.6 Å². The summed E-state index contributed by atoms with van der Waals surface area (Å²) in [5.41, 5.74) is 1.77. The molecule has 1 unspecified atom stereocenters. The Morgan fingerprint density at radius 3 is 3.00 bits per heavy atom. The van der Waals surface area contributed by atoms with Crippen molar-refractivity contribution in [3.05, 3.63) is 29.3 Å². The Morgan fingerprint density at radius 1 is 1.56 bits per heavy atom. The number of ether oxygens (including phenoxy) is 1. The first-order chi connectivity index (χ1) is 8.74. The molecule has 0 saturated carbocycles. The lowest BCUT2D eigenvalue weighted by Crippen LogP contribution is -2.32. The van der Waals surface area contributed by atoms with Gasteiger partial charge in [0.05, 0.1) is 12.7 Å². The molecule has 2 rings (SSSR count). The highest BCUT2D eigenvalue weighted by Crippen LogP contribution is 2.21. The summed E-state index contributed by atoms with van der Waals surface area (Å²) < 4.78 is 5.23. The molecule has 4 heteroatoms. The van der Waals surface area contributed by atoms with Crippen molar-refractivity contribution in [2.45, 2.75) is 19.0 Å². The number of hydrogen-bond acceptors (Lipinski definition) is 4. The summed E-state index contributed by atoms with van der Waals surface area (Å²) in [7, 11) is 3.74. The zero-order valence-corrected chi connectivity index (χ0v) is 10.9. The van der Waals surface area contributed by atoms with Gasteiger partial charge >= 0.3 is 0 Å². The Morgan fingerprint density at radius 2 is 2.39 bits per heavy atom. The largest absolute Gasteiger partial charge is 0.495 e. The van der Waals surface area contributed by atoms with Crippen LogP contribution >= 0.6 is 0 Å². The van der Waals surface area contributed by atoms with Gasteiger partial charge in [-0.25, -0.2) is 0 Å². The number of hydrogen-bond donors (Lipinski definition) is 1. The van der Waals surface area contributed by atoms with Crippen LogP contribution in [0.2, 0.25) is 0 Å². The molecule has 4 nitrogen and oxygen atoms in total. The Bertz CT molecular complexity index is 447. The maximum absolute atomic E-state index is 8.95. The van der Waals surface area contributed by atoms with Gasteiger partial charge in [-0.3, -0.25) is 4.90 Å². The fourth-order valence-electron chi connectivity index (χ4n) is 2.36. The minimum atomic E-state index is 0.589. The predicted octanol–water partition coefficient (Wildman–Crippen LogP) is 1.36. The van der Waals surface area contributed by atoms with Crippen molar-refractivity contribution in [2.75, 3.05) is 27.2 Å². The van der Waals surface area contributed by atoms with Crippen LogP contribution in [-0.2, 0) is 6.54 Å². The van der Waals surface area contributed by atoms with Crippen molar-refractivity contribution in [1.82, 2.24) is 10.2 Å². The van der Waals surface area contributed by atoms with Gasteiger partial charge in [-0.15, -0.1) is 0 Å². The number of nitriles is 1. The molecule has 0 radical (unpaired) electrons. The van der Waals surface area contributed by atoms with Crippen molar-refractivity contribution in [3.63, 3.8) is 0 Å². The molecule has 1 saturated heterocycles. The number of rotatable bonds is 4. The molecular weight excluding hydrogens is 226 g/mol. The smallest absolute Gasteiger partial charge is 0.136 e. The van der Waals surface area contributed by atoms with Gasteiger partial charge in [-0.05, 0) is 37.7 Å². The number of nitrogens with one attached hydrogen (secondary N) is 1. The monoisotopic (exact) mass is 245 g/mol. The van der Waals surface area contributed by atoms with Gasteiger partial charge in [-0.1, -0.05) is 6.07 Å². The van der Waals surface area contributed by atoms with E-state index in [0.29, 0.717) is 17.4 Å². The van der Waals surface area contributed by atoms with Gasteiger partial charge in [0, 0.05) is 19.1 Å². The lowest BCUT2D eigenvalue weighted by atomic mass is 10.1. The molecule has 0 aliphatic carbocycles. The number of benzene rings is 1. The van der Waals surface area contributed by atoms with E-state index in [-0.39, 0.29) is 0 Å². The highest BCUT2D eigenvalue weighted by Gasteiger charge is 2.19. The summed E-state index contributed by atoms with van der Waals surface area (Å²) in [6.45, 7) is 3.05. The first kappa shape index (κ1) is 12.9. The summed E-state index contributed by atoms with van der Waals surface area (Å²) >= 11 is 0. The second-order valence-corrected chi connectivity index (χ2v) is 4.71. The second kappa shape index (κ2) is 5.85. The molecule has 1 aliphatic rings. The fourth-order valence-corrected chi connectivity index (χ4v) is 2.36. The Labute approximate surface area is 108 Å². The highest BCUT2D eigenvalue weighted by atomic mass is 16.5. The Hall–Kier alpha value is -1.57. The summed E-state index contributed by atoms with van der Waals surface area (Å²) in [4.78, 5) is 2.35. The van der Waals surface area contributed by atoms with E-state index < -0.39 is 0 Å². The van der Waals surface area contributed by atoms with Gasteiger partial charge in [0.15, 0.2) is 0 Å². The maximum Gasteiger partial charge on any atom is 0.136 e. The molecule has 1 aliphatic heterocycles. The van der Waals surface area contributed by atoms with Crippen molar-refractivity contribution in [1.29, 1.82) is 5.26 Å². The quantitative estimate of drug-likeness (QED) is 0.870. The van der Waals surface area contributed by atoms with E-state index in [1.54, 1.807) is 7.11 Å². The average Bonchev–Trinajstić information content (AvgIpc) is 2.92. The molecule has 18 heavy (non-hydrogen) atoms. The summed E-state index contributed by atoms with van der Waals surface area (Å²) in [5, 5.41) is 12.3. The molecule has 1 fully saturated rings. The van der Waals surface area contributed by atoms with Crippen molar-refractivity contribution in [2.24, 2.45) is 0 Å². The standard InChI is InChI=1S/C14H19N3O/c1-17(13-5-6-16-9-13)10-11-3-4-12(8-15)14(7-11)18-2/h3-4,7,13,16H,5-6,9-10H2,1-2H3. The molecule has 1 heterocycles. The van der Waals surface area contributed by atoms with Crippen LogP contribution in [0, 0.1) is 11.3 Å². The van der Waals surface area contributed by atoms with Crippen LogP contribution in [-0.4, -0.2) is 38.2 Å². The zero-order chi connectivity index (χ0) is 13.0. The normalized spacial score (nSPS) is 18.9. The third kappa shape index (κ3) is 2.81. The Balaban J connectivity index is 2.07. The molecule has 0 aromatic heterocycles. The van der Waals surface area contributed by atoms with Crippen LogP contribution in [0.4, 0.5) is 0 Å². The van der Waals surface area contributed by atoms with Crippen molar-refractivity contribution < 1.29 is 4.74 Å². The molecule has 1 N–H and O–H groups in total. The third-order valence-electron chi connectivity index (χ3n) is 3.48. The maximum atomic E-state index is 8.95. The van der Waals surface area contributed by atoms with E-state index in [9.17, 15) is 0 Å². The number of methoxy groups -OCH3 is 1. The van der Waals surface area contributed by atoms with Crippen LogP contribution in [0.3, 0.4) is 0 Å². The summed E-state index contributed by atoms with van der Waals surface area (Å²) in [5.74, 6) is 0.660. The van der Waals surface area contributed by atoms with Crippen LogP contribution in [0.15, 0.2) is 18.2 Å². The SMILES string of the molecule is COc1cc(CN(C)C2CCNC2)ccc1C#N. The average molecular weight is 245 g/mol. The lowest BCUT2D eigenvalue weighted by Gasteiger charge is -2.23. The molecule has 0 bridgehead atoms. The van der Waals surface area contributed by atoms with E-state index >= 15 is 0 Å². The molecule has 1 atom stereocenters. The number of nitrogens with zero attached hydrogens (tertiary/aromatic N) is 2. The molecule has 1 aromatic carbocycles. The van der Waals surface area contributed by atoms with Crippen LogP contribution in [0.1, 0.15) is 17.5 Å². The molecular formula is C14H19N3O. The zero-order valence-electron chi connectivity index (χ0n) is 10.9. The van der Waals surface area contributed by atoms with Crippen LogP contribution < -0.4 is 10.1 Å². The Kier molecular flexibility index (Phi) is 4.19. The van der Waals surface area contributed by atoms with Gasteiger partial charge in [0.25, 0.3) is 0 Å². The van der Waals surface area contributed by atoms with Crippen molar-refractivity contribution >= 4 is 0 Å². The molecule has 0 amide bonds. The van der Waals surface area contributed by atoms with Gasteiger partial charge < -0.3 is 10.1 Å². The second-order valence-electron chi connectivity index (χ2n) is 4.71. The summed E-state index contributed by atoms with van der Waals surface area (Å²) in [6, 6.07) is 8.52.